The summed E-state index contributed by atoms with van der Waals surface area (Å²) in [4.78, 5) is 12.1. The molecule has 182 valence electrons. The molecule has 0 unspecified atom stereocenters. The minimum absolute atomic E-state index is 0.371. The Hall–Kier alpha value is -3.07. The minimum atomic E-state index is -3.50. The molecule has 0 radical (unpaired) electrons. The maximum Gasteiger partial charge on any atom is 0.243 e. The lowest BCUT2D eigenvalue weighted by atomic mass is 10.0. The molecule has 3 heterocycles. The van der Waals surface area contributed by atoms with E-state index in [0.717, 1.165) is 29.1 Å². The monoisotopic (exact) mass is 489 g/mol. The highest BCUT2D eigenvalue weighted by Gasteiger charge is 2.29. The lowest BCUT2D eigenvalue weighted by Gasteiger charge is -2.33. The van der Waals surface area contributed by atoms with E-state index in [4.69, 9.17) is 4.98 Å². The third-order valence-electron chi connectivity index (χ3n) is 6.40. The predicted octanol–water partition coefficient (Wildman–Crippen LogP) is 4.13. The zero-order valence-corrected chi connectivity index (χ0v) is 21.0. The summed E-state index contributed by atoms with van der Waals surface area (Å²) in [6.07, 6.45) is 2.73. The molecule has 4 aromatic rings. The van der Waals surface area contributed by atoms with Gasteiger partial charge in [-0.1, -0.05) is 44.2 Å². The predicted molar refractivity (Wildman–Crippen MR) is 138 cm³/mol. The summed E-state index contributed by atoms with van der Waals surface area (Å²) in [5.41, 5.74) is 3.87. The Morgan fingerprint density at radius 3 is 2.29 bits per heavy atom. The molecule has 1 aliphatic rings. The fraction of sp³-hybridized carbons (Fsp3) is 0.333. The second-order valence-corrected chi connectivity index (χ2v) is 11.4. The smallest absolute Gasteiger partial charge is 0.243 e. The summed E-state index contributed by atoms with van der Waals surface area (Å²) in [7, 11) is -3.50. The van der Waals surface area contributed by atoms with Gasteiger partial charge in [-0.25, -0.2) is 18.4 Å². The average molecular weight is 490 g/mol. The molecule has 8 heteroatoms. The van der Waals surface area contributed by atoms with Crippen molar-refractivity contribution >= 4 is 21.2 Å². The highest BCUT2D eigenvalue weighted by Crippen LogP contribution is 2.23. The van der Waals surface area contributed by atoms with Crippen molar-refractivity contribution < 1.29 is 8.42 Å². The van der Waals surface area contributed by atoms with Crippen LogP contribution in [0.4, 0.5) is 0 Å². The molecule has 0 aliphatic carbocycles. The van der Waals surface area contributed by atoms with E-state index in [1.54, 1.807) is 22.6 Å². The molecular weight excluding hydrogens is 458 g/mol. The van der Waals surface area contributed by atoms with Crippen molar-refractivity contribution in [1.82, 2.24) is 23.7 Å². The number of aromatic nitrogens is 3. The van der Waals surface area contributed by atoms with Crippen LogP contribution in [0.15, 0.2) is 77.8 Å². The number of imidazole rings is 1. The van der Waals surface area contributed by atoms with Crippen molar-refractivity contribution in [3.8, 4) is 5.69 Å². The topological polar surface area (TPSA) is 71.3 Å². The normalized spacial score (nSPS) is 15.7. The first-order valence-electron chi connectivity index (χ1n) is 12.1. The van der Waals surface area contributed by atoms with E-state index in [1.807, 2.05) is 42.5 Å². The van der Waals surface area contributed by atoms with Gasteiger partial charge in [0.05, 0.1) is 11.4 Å². The van der Waals surface area contributed by atoms with Crippen LogP contribution in [-0.2, 0) is 23.0 Å². The molecular formula is C27H31N5O2S. The van der Waals surface area contributed by atoms with Gasteiger partial charge in [-0.15, -0.1) is 0 Å². The number of rotatable bonds is 7. The summed E-state index contributed by atoms with van der Waals surface area (Å²) in [5.74, 6) is 1.44. The molecule has 0 saturated carbocycles. The van der Waals surface area contributed by atoms with E-state index in [2.05, 4.69) is 40.4 Å². The fourth-order valence-corrected chi connectivity index (χ4v) is 6.08. The molecule has 2 aromatic carbocycles. The molecule has 0 spiro atoms. The van der Waals surface area contributed by atoms with Gasteiger partial charge in [-0.2, -0.15) is 4.31 Å². The summed E-state index contributed by atoms with van der Waals surface area (Å²) in [6, 6.07) is 21.3. The van der Waals surface area contributed by atoms with Crippen molar-refractivity contribution in [3.05, 3.63) is 84.3 Å². The van der Waals surface area contributed by atoms with Gasteiger partial charge in [0.1, 0.15) is 11.3 Å². The summed E-state index contributed by atoms with van der Waals surface area (Å²) in [5, 5.41) is 0. The van der Waals surface area contributed by atoms with Crippen molar-refractivity contribution in [1.29, 1.82) is 0 Å². The Labute approximate surface area is 207 Å². The van der Waals surface area contributed by atoms with E-state index >= 15 is 0 Å². The molecule has 7 nitrogen and oxygen atoms in total. The average Bonchev–Trinajstić information content (AvgIpc) is 3.22. The van der Waals surface area contributed by atoms with Crippen molar-refractivity contribution in [2.45, 2.75) is 31.7 Å². The van der Waals surface area contributed by atoms with Crippen LogP contribution >= 0.6 is 0 Å². The van der Waals surface area contributed by atoms with Crippen LogP contribution < -0.4 is 0 Å². The number of hydrogen-bond donors (Lipinski definition) is 0. The highest BCUT2D eigenvalue weighted by atomic mass is 32.2. The van der Waals surface area contributed by atoms with Gasteiger partial charge in [-0.05, 0) is 54.3 Å². The molecule has 0 N–H and O–H groups in total. The third kappa shape index (κ3) is 5.00. The molecule has 2 aromatic heterocycles. The van der Waals surface area contributed by atoms with Crippen molar-refractivity contribution in [2.24, 2.45) is 5.92 Å². The molecule has 0 amide bonds. The van der Waals surface area contributed by atoms with Gasteiger partial charge < -0.3 is 0 Å². The number of sulfonamides is 1. The summed E-state index contributed by atoms with van der Waals surface area (Å²) < 4.78 is 30.1. The first-order valence-corrected chi connectivity index (χ1v) is 13.5. The van der Waals surface area contributed by atoms with E-state index < -0.39 is 10.0 Å². The van der Waals surface area contributed by atoms with Crippen LogP contribution in [0.2, 0.25) is 0 Å². The number of nitrogens with zero attached hydrogens (tertiary/aromatic N) is 5. The lowest BCUT2D eigenvalue weighted by molar-refractivity contribution is 0.177. The van der Waals surface area contributed by atoms with Crippen LogP contribution in [0.1, 0.15) is 25.2 Å². The molecule has 0 atom stereocenters. The van der Waals surface area contributed by atoms with E-state index in [-0.39, 0.29) is 0 Å². The largest absolute Gasteiger partial charge is 0.293 e. The zero-order chi connectivity index (χ0) is 24.4. The number of para-hydroxylation sites is 1. The van der Waals surface area contributed by atoms with Crippen LogP contribution in [0.25, 0.3) is 16.9 Å². The van der Waals surface area contributed by atoms with E-state index in [1.165, 1.54) is 5.56 Å². The maximum atomic E-state index is 13.2. The third-order valence-corrected chi connectivity index (χ3v) is 8.31. The standard InChI is InChI=1S/C27H31N5O2S/c1-21(2)19-22-10-12-24(13-11-22)35(33,34)31-17-15-30(16-18-31)20-26-29-25-9-6-14-28-27(25)32(26)23-7-4-3-5-8-23/h3-14,21H,15-20H2,1-2H3. The van der Waals surface area contributed by atoms with Gasteiger partial charge in [0, 0.05) is 38.1 Å². The second kappa shape index (κ2) is 9.89. The quantitative estimate of drug-likeness (QED) is 0.390. The Kier molecular flexibility index (Phi) is 6.69. The summed E-state index contributed by atoms with van der Waals surface area (Å²) in [6.45, 7) is 7.17. The Morgan fingerprint density at radius 2 is 1.60 bits per heavy atom. The Morgan fingerprint density at radius 1 is 0.886 bits per heavy atom. The van der Waals surface area contributed by atoms with E-state index in [9.17, 15) is 8.42 Å². The van der Waals surface area contributed by atoms with Crippen LogP contribution in [0.5, 0.6) is 0 Å². The number of benzene rings is 2. The number of hydrogen-bond acceptors (Lipinski definition) is 5. The molecule has 5 rings (SSSR count). The molecule has 1 fully saturated rings. The molecule has 35 heavy (non-hydrogen) atoms. The highest BCUT2D eigenvalue weighted by molar-refractivity contribution is 7.89. The van der Waals surface area contributed by atoms with Crippen LogP contribution in [-0.4, -0.2) is 58.3 Å². The first kappa shape index (κ1) is 23.7. The maximum absolute atomic E-state index is 13.2. The SMILES string of the molecule is CC(C)Cc1ccc(S(=O)(=O)N2CCN(Cc3nc4cccnc4n3-c3ccccc3)CC2)cc1. The molecule has 1 saturated heterocycles. The van der Waals surface area contributed by atoms with Gasteiger partial charge in [0.2, 0.25) is 10.0 Å². The van der Waals surface area contributed by atoms with Gasteiger partial charge in [-0.3, -0.25) is 9.47 Å². The lowest BCUT2D eigenvalue weighted by Crippen LogP contribution is -2.48. The number of fused-ring (bicyclic) bond motifs is 1. The molecule has 1 aliphatic heterocycles. The van der Waals surface area contributed by atoms with Gasteiger partial charge in [0.25, 0.3) is 0 Å². The Balaban J connectivity index is 1.30. The number of piperazine rings is 1. The van der Waals surface area contributed by atoms with Crippen LogP contribution in [0, 0.1) is 5.92 Å². The van der Waals surface area contributed by atoms with Crippen molar-refractivity contribution in [2.75, 3.05) is 26.2 Å². The summed E-state index contributed by atoms with van der Waals surface area (Å²) >= 11 is 0. The van der Waals surface area contributed by atoms with Crippen LogP contribution in [0.3, 0.4) is 0 Å². The minimum Gasteiger partial charge on any atom is -0.293 e. The van der Waals surface area contributed by atoms with Gasteiger partial charge in [0.15, 0.2) is 5.65 Å². The van der Waals surface area contributed by atoms with E-state index in [0.29, 0.717) is 43.5 Å². The zero-order valence-electron chi connectivity index (χ0n) is 20.2. The molecule has 0 bridgehead atoms. The Bertz CT molecular complexity index is 1390. The van der Waals surface area contributed by atoms with Crippen molar-refractivity contribution in [3.63, 3.8) is 0 Å². The van der Waals surface area contributed by atoms with Gasteiger partial charge >= 0.3 is 0 Å². The first-order chi connectivity index (χ1) is 16.9. The fourth-order valence-electron chi connectivity index (χ4n) is 4.66. The second-order valence-electron chi connectivity index (χ2n) is 9.47. The number of pyridine rings is 1.